The normalized spacial score (nSPS) is 18.4. The Labute approximate surface area is 174 Å². The lowest BCUT2D eigenvalue weighted by Crippen LogP contribution is -2.52. The predicted octanol–water partition coefficient (Wildman–Crippen LogP) is 3.30. The summed E-state index contributed by atoms with van der Waals surface area (Å²) in [6, 6.07) is 12.8. The van der Waals surface area contributed by atoms with E-state index in [1.54, 1.807) is 7.11 Å². The van der Waals surface area contributed by atoms with Gasteiger partial charge in [0, 0.05) is 26.2 Å². The summed E-state index contributed by atoms with van der Waals surface area (Å²) in [6.45, 7) is 4.59. The van der Waals surface area contributed by atoms with Crippen LogP contribution in [0.4, 0.5) is 0 Å². The van der Waals surface area contributed by atoms with Crippen molar-refractivity contribution >= 4 is 29.1 Å². The van der Waals surface area contributed by atoms with Crippen molar-refractivity contribution in [3.8, 4) is 5.75 Å². The summed E-state index contributed by atoms with van der Waals surface area (Å²) in [7, 11) is 5.58. The average molecular weight is 406 g/mol. The molecule has 0 aromatic heterocycles. The van der Waals surface area contributed by atoms with Crippen molar-refractivity contribution in [1.29, 1.82) is 0 Å². The van der Waals surface area contributed by atoms with E-state index in [9.17, 15) is 4.79 Å². The highest BCUT2D eigenvalue weighted by molar-refractivity contribution is 5.85. The molecular weight excluding hydrogens is 374 g/mol. The number of benzene rings is 2. The molecule has 1 aliphatic heterocycles. The van der Waals surface area contributed by atoms with Crippen LogP contribution in [0.5, 0.6) is 5.75 Å². The number of hydrogen-bond acceptors (Lipinski definition) is 4. The van der Waals surface area contributed by atoms with Crippen LogP contribution in [0.3, 0.4) is 0 Å². The maximum Gasteiger partial charge on any atom is 0.239 e. The highest BCUT2D eigenvalue weighted by atomic mass is 35.5. The molecule has 3 rings (SSSR count). The molecule has 2 aromatic rings. The second-order valence-electron chi connectivity index (χ2n) is 7.54. The third-order valence-corrected chi connectivity index (χ3v) is 5.67. The number of likely N-dealkylation sites (N-methyl/N-ethyl adjacent to an activating group) is 2. The Morgan fingerprint density at radius 3 is 2.71 bits per heavy atom. The maximum atomic E-state index is 12.9. The van der Waals surface area contributed by atoms with Crippen LogP contribution < -0.4 is 10.1 Å². The Kier molecular flexibility index (Phi) is 8.10. The van der Waals surface area contributed by atoms with Crippen LogP contribution in [0.1, 0.15) is 25.3 Å². The molecule has 28 heavy (non-hydrogen) atoms. The van der Waals surface area contributed by atoms with E-state index in [-0.39, 0.29) is 24.4 Å². The van der Waals surface area contributed by atoms with Gasteiger partial charge in [0.1, 0.15) is 5.75 Å². The van der Waals surface area contributed by atoms with Crippen LogP contribution in [-0.4, -0.2) is 62.1 Å². The third-order valence-electron chi connectivity index (χ3n) is 5.67. The Hall–Kier alpha value is -1.82. The van der Waals surface area contributed by atoms with Crippen molar-refractivity contribution in [3.05, 3.63) is 42.0 Å². The van der Waals surface area contributed by atoms with E-state index < -0.39 is 0 Å². The van der Waals surface area contributed by atoms with E-state index in [2.05, 4.69) is 34.5 Å². The maximum absolute atomic E-state index is 12.9. The van der Waals surface area contributed by atoms with Crippen molar-refractivity contribution in [2.75, 3.05) is 34.3 Å². The molecule has 2 unspecified atom stereocenters. The fourth-order valence-corrected chi connectivity index (χ4v) is 3.92. The van der Waals surface area contributed by atoms with E-state index >= 15 is 0 Å². The second-order valence-corrected chi connectivity index (χ2v) is 7.54. The first kappa shape index (κ1) is 22.5. The summed E-state index contributed by atoms with van der Waals surface area (Å²) in [5.41, 5.74) is 1.14. The molecule has 2 atom stereocenters. The summed E-state index contributed by atoms with van der Waals surface area (Å²) in [5.74, 6) is 1.04. The molecule has 0 saturated carbocycles. The van der Waals surface area contributed by atoms with Crippen LogP contribution in [0.2, 0.25) is 0 Å². The van der Waals surface area contributed by atoms with Crippen molar-refractivity contribution < 1.29 is 9.53 Å². The van der Waals surface area contributed by atoms with Gasteiger partial charge >= 0.3 is 0 Å². The van der Waals surface area contributed by atoms with Gasteiger partial charge in [-0.05, 0) is 67.9 Å². The molecule has 2 aromatic carbocycles. The lowest BCUT2D eigenvalue weighted by atomic mass is 10.0. The topological polar surface area (TPSA) is 44.8 Å². The summed E-state index contributed by atoms with van der Waals surface area (Å²) < 4.78 is 5.29. The van der Waals surface area contributed by atoms with Crippen LogP contribution in [0.25, 0.3) is 10.8 Å². The zero-order valence-electron chi connectivity index (χ0n) is 17.3. The predicted molar refractivity (Wildman–Crippen MR) is 117 cm³/mol. The van der Waals surface area contributed by atoms with Gasteiger partial charge in [0.05, 0.1) is 13.2 Å². The van der Waals surface area contributed by atoms with Gasteiger partial charge in [-0.1, -0.05) is 18.2 Å². The molecule has 1 N–H and O–H groups in total. The first-order valence-electron chi connectivity index (χ1n) is 9.75. The van der Waals surface area contributed by atoms with Crippen molar-refractivity contribution in [3.63, 3.8) is 0 Å². The molecule has 5 nitrogen and oxygen atoms in total. The first-order chi connectivity index (χ1) is 13.0. The van der Waals surface area contributed by atoms with E-state index in [4.69, 9.17) is 4.74 Å². The zero-order valence-corrected chi connectivity index (χ0v) is 18.1. The van der Waals surface area contributed by atoms with Crippen molar-refractivity contribution in [1.82, 2.24) is 15.1 Å². The standard InChI is InChI=1S/C22H31N3O2.ClH/c1-16(25-11-5-6-20(15-25)23-2)22(26)24(3)14-17-7-8-19-13-21(27-4)10-9-18(19)12-17;/h7-10,12-13,16,20,23H,5-6,11,14-15H2,1-4H3;1H. The number of halogens is 1. The lowest BCUT2D eigenvalue weighted by molar-refractivity contribution is -0.136. The number of rotatable bonds is 6. The Balaban J connectivity index is 0.00000280. The molecular formula is C22H32ClN3O2. The van der Waals surface area contributed by atoms with E-state index in [0.29, 0.717) is 12.6 Å². The summed E-state index contributed by atoms with van der Waals surface area (Å²) in [6.07, 6.45) is 2.33. The Morgan fingerprint density at radius 1 is 1.29 bits per heavy atom. The molecule has 1 saturated heterocycles. The highest BCUT2D eigenvalue weighted by Crippen LogP contribution is 2.22. The number of likely N-dealkylation sites (tertiary alicyclic amines) is 1. The smallest absolute Gasteiger partial charge is 0.239 e. The third kappa shape index (κ3) is 5.16. The molecule has 0 aliphatic carbocycles. The number of amides is 1. The SMILES string of the molecule is CNC1CCCN(C(C)C(=O)N(C)Cc2ccc3cc(OC)ccc3c2)C1.Cl. The molecule has 1 amide bonds. The first-order valence-corrected chi connectivity index (χ1v) is 9.75. The Bertz CT molecular complexity index is 798. The van der Waals surface area contributed by atoms with Crippen LogP contribution >= 0.6 is 12.4 Å². The molecule has 1 fully saturated rings. The average Bonchev–Trinajstić information content (AvgIpc) is 2.72. The van der Waals surface area contributed by atoms with Crippen LogP contribution in [0, 0.1) is 0 Å². The van der Waals surface area contributed by atoms with Crippen LogP contribution in [-0.2, 0) is 11.3 Å². The molecule has 0 radical (unpaired) electrons. The van der Waals surface area contributed by atoms with E-state index in [1.807, 2.05) is 38.1 Å². The summed E-state index contributed by atoms with van der Waals surface area (Å²) >= 11 is 0. The highest BCUT2D eigenvalue weighted by Gasteiger charge is 2.28. The molecule has 0 spiro atoms. The van der Waals surface area contributed by atoms with Gasteiger partial charge in [-0.15, -0.1) is 12.4 Å². The molecule has 1 aliphatic rings. The largest absolute Gasteiger partial charge is 0.497 e. The van der Waals surface area contributed by atoms with Gasteiger partial charge in [0.15, 0.2) is 0 Å². The quantitative estimate of drug-likeness (QED) is 0.800. The molecule has 1 heterocycles. The van der Waals surface area contributed by atoms with Crippen molar-refractivity contribution in [2.45, 2.75) is 38.4 Å². The molecule has 154 valence electrons. The number of methoxy groups -OCH3 is 1. The minimum atomic E-state index is -0.0872. The second kappa shape index (κ2) is 10.1. The van der Waals surface area contributed by atoms with Crippen molar-refractivity contribution in [2.24, 2.45) is 0 Å². The minimum Gasteiger partial charge on any atom is -0.497 e. The van der Waals surface area contributed by atoms with Gasteiger partial charge in [-0.2, -0.15) is 0 Å². The summed E-state index contributed by atoms with van der Waals surface area (Å²) in [4.78, 5) is 17.1. The number of piperidine rings is 1. The number of nitrogens with one attached hydrogen (secondary N) is 1. The molecule has 6 heteroatoms. The number of fused-ring (bicyclic) bond motifs is 1. The van der Waals surface area contributed by atoms with Crippen LogP contribution in [0.15, 0.2) is 36.4 Å². The Morgan fingerprint density at radius 2 is 2.00 bits per heavy atom. The number of nitrogens with zero attached hydrogens (tertiary/aromatic N) is 2. The number of ether oxygens (including phenoxy) is 1. The minimum absolute atomic E-state index is 0. The van der Waals surface area contributed by atoms with Gasteiger partial charge in [0.2, 0.25) is 5.91 Å². The lowest BCUT2D eigenvalue weighted by Gasteiger charge is -2.37. The fourth-order valence-electron chi connectivity index (χ4n) is 3.92. The number of carbonyl (C=O) groups excluding carboxylic acids is 1. The van der Waals surface area contributed by atoms with E-state index in [1.165, 1.54) is 6.42 Å². The molecule has 0 bridgehead atoms. The van der Waals surface area contributed by atoms with Gasteiger partial charge < -0.3 is 15.0 Å². The van der Waals surface area contributed by atoms with Gasteiger partial charge in [-0.25, -0.2) is 0 Å². The number of hydrogen-bond donors (Lipinski definition) is 1. The fraction of sp³-hybridized carbons (Fsp3) is 0.500. The monoisotopic (exact) mass is 405 g/mol. The number of carbonyl (C=O) groups is 1. The van der Waals surface area contributed by atoms with Gasteiger partial charge in [0.25, 0.3) is 0 Å². The van der Waals surface area contributed by atoms with Gasteiger partial charge in [-0.3, -0.25) is 9.69 Å². The summed E-state index contributed by atoms with van der Waals surface area (Å²) in [5, 5.41) is 5.65. The van der Waals surface area contributed by atoms with E-state index in [0.717, 1.165) is 41.6 Å². The zero-order chi connectivity index (χ0) is 19.4.